The molecule has 21 heavy (non-hydrogen) atoms. The Balaban J connectivity index is 2.12. The van der Waals surface area contributed by atoms with Gasteiger partial charge in [0.2, 0.25) is 0 Å². The second-order valence-corrected chi connectivity index (χ2v) is 5.77. The van der Waals surface area contributed by atoms with Gasteiger partial charge in [0, 0.05) is 0 Å². The second kappa shape index (κ2) is 5.31. The van der Waals surface area contributed by atoms with E-state index in [-0.39, 0.29) is 6.54 Å². The van der Waals surface area contributed by atoms with Crippen molar-refractivity contribution in [3.8, 4) is 0 Å². The molecule has 5 nitrogen and oxygen atoms in total. The molecule has 0 aliphatic carbocycles. The number of imide groups is 1. The lowest BCUT2D eigenvalue weighted by atomic mass is 10.1. The fourth-order valence-corrected chi connectivity index (χ4v) is 1.93. The zero-order chi connectivity index (χ0) is 15.8. The maximum Gasteiger partial charge on any atom is 0.418 e. The number of urea groups is 1. The number of ether oxygens (including phenoxy) is 1. The van der Waals surface area contributed by atoms with Gasteiger partial charge in [-0.3, -0.25) is 0 Å². The first-order chi connectivity index (χ1) is 9.67. The molecule has 1 unspecified atom stereocenters. The molecule has 1 aliphatic rings. The average molecular weight is 298 g/mol. The summed E-state index contributed by atoms with van der Waals surface area (Å²) < 4.78 is 31.2. The zero-order valence-corrected chi connectivity index (χ0v) is 11.9. The van der Waals surface area contributed by atoms with Gasteiger partial charge < -0.3 is 10.1 Å². The van der Waals surface area contributed by atoms with Gasteiger partial charge in [-0.1, -0.05) is 6.07 Å². The van der Waals surface area contributed by atoms with Crippen molar-refractivity contribution >= 4 is 12.1 Å². The Bertz CT molecular complexity index is 584. The summed E-state index contributed by atoms with van der Waals surface area (Å²) in [6, 6.07) is 2.12. The first-order valence-electron chi connectivity index (χ1n) is 6.43. The molecular formula is C14H16F2N2O3. The maximum absolute atomic E-state index is 13.2. The van der Waals surface area contributed by atoms with Gasteiger partial charge >= 0.3 is 12.1 Å². The number of benzene rings is 1. The Kier molecular flexibility index (Phi) is 3.85. The molecule has 1 N–H and O–H groups in total. The fourth-order valence-electron chi connectivity index (χ4n) is 1.93. The predicted octanol–water partition coefficient (Wildman–Crippen LogP) is 2.97. The largest absolute Gasteiger partial charge is 0.443 e. The van der Waals surface area contributed by atoms with Gasteiger partial charge in [-0.2, -0.15) is 0 Å². The summed E-state index contributed by atoms with van der Waals surface area (Å²) in [5.74, 6) is -1.97. The summed E-state index contributed by atoms with van der Waals surface area (Å²) in [5.41, 5.74) is -0.342. The van der Waals surface area contributed by atoms with Crippen LogP contribution in [0.4, 0.5) is 18.4 Å². The molecule has 0 aromatic heterocycles. The lowest BCUT2D eigenvalue weighted by molar-refractivity contribution is 0.0349. The third kappa shape index (κ3) is 3.48. The minimum atomic E-state index is -1.00. The van der Waals surface area contributed by atoms with Crippen LogP contribution in [0.15, 0.2) is 18.2 Å². The van der Waals surface area contributed by atoms with Crippen LogP contribution < -0.4 is 5.32 Å². The van der Waals surface area contributed by atoms with Gasteiger partial charge in [0.05, 0.1) is 12.6 Å². The standard InChI is InChI=1S/C14H16F2N2O3/c1-14(2,3)21-13(20)18-7-11(17-12(18)19)8-4-5-9(15)10(16)6-8/h4-6,11H,7H2,1-3H3,(H,17,19). The van der Waals surface area contributed by atoms with Gasteiger partial charge in [0.15, 0.2) is 11.6 Å². The molecule has 1 heterocycles. The minimum Gasteiger partial charge on any atom is -0.443 e. The summed E-state index contributed by atoms with van der Waals surface area (Å²) >= 11 is 0. The third-order valence-corrected chi connectivity index (χ3v) is 2.87. The quantitative estimate of drug-likeness (QED) is 0.867. The maximum atomic E-state index is 13.2. The van der Waals surface area contributed by atoms with Crippen molar-refractivity contribution < 1.29 is 23.1 Å². The van der Waals surface area contributed by atoms with Crippen molar-refractivity contribution in [2.45, 2.75) is 32.4 Å². The highest BCUT2D eigenvalue weighted by molar-refractivity contribution is 5.93. The average Bonchev–Trinajstić information content (AvgIpc) is 2.73. The Morgan fingerprint density at radius 1 is 1.33 bits per heavy atom. The van der Waals surface area contributed by atoms with E-state index in [1.165, 1.54) is 6.07 Å². The monoisotopic (exact) mass is 298 g/mol. The van der Waals surface area contributed by atoms with E-state index in [4.69, 9.17) is 4.74 Å². The number of rotatable bonds is 1. The molecule has 7 heteroatoms. The Morgan fingerprint density at radius 3 is 2.57 bits per heavy atom. The fraction of sp³-hybridized carbons (Fsp3) is 0.429. The van der Waals surface area contributed by atoms with Crippen LogP contribution in [0.3, 0.4) is 0 Å². The SMILES string of the molecule is CC(C)(C)OC(=O)N1CC(c2ccc(F)c(F)c2)NC1=O. The summed E-state index contributed by atoms with van der Waals surface area (Å²) in [6.07, 6.45) is -0.773. The van der Waals surface area contributed by atoms with Crippen LogP contribution in [-0.4, -0.2) is 29.2 Å². The van der Waals surface area contributed by atoms with E-state index in [0.717, 1.165) is 17.0 Å². The Morgan fingerprint density at radius 2 is 2.00 bits per heavy atom. The highest BCUT2D eigenvalue weighted by atomic mass is 19.2. The second-order valence-electron chi connectivity index (χ2n) is 5.77. The van der Waals surface area contributed by atoms with E-state index in [1.54, 1.807) is 20.8 Å². The number of amides is 3. The first kappa shape index (κ1) is 15.2. The molecule has 0 saturated carbocycles. The smallest absolute Gasteiger partial charge is 0.418 e. The van der Waals surface area contributed by atoms with Crippen LogP contribution in [0.25, 0.3) is 0 Å². The van der Waals surface area contributed by atoms with E-state index in [9.17, 15) is 18.4 Å². The van der Waals surface area contributed by atoms with Crippen molar-refractivity contribution in [3.63, 3.8) is 0 Å². The normalized spacial score (nSPS) is 18.6. The van der Waals surface area contributed by atoms with Crippen LogP contribution >= 0.6 is 0 Å². The summed E-state index contributed by atoms with van der Waals surface area (Å²) in [4.78, 5) is 24.6. The topological polar surface area (TPSA) is 58.6 Å². The van der Waals surface area contributed by atoms with E-state index in [0.29, 0.717) is 5.56 Å². The van der Waals surface area contributed by atoms with Gasteiger partial charge in [0.25, 0.3) is 0 Å². The van der Waals surface area contributed by atoms with Crippen LogP contribution in [0.1, 0.15) is 32.4 Å². The molecule has 1 saturated heterocycles. The van der Waals surface area contributed by atoms with Crippen molar-refractivity contribution in [3.05, 3.63) is 35.4 Å². The number of carbonyl (C=O) groups excluding carboxylic acids is 2. The van der Waals surface area contributed by atoms with Gasteiger partial charge in [-0.25, -0.2) is 23.3 Å². The molecule has 114 valence electrons. The van der Waals surface area contributed by atoms with Gasteiger partial charge in [-0.15, -0.1) is 0 Å². The number of hydrogen-bond donors (Lipinski definition) is 1. The Labute approximate surface area is 120 Å². The molecule has 0 bridgehead atoms. The zero-order valence-electron chi connectivity index (χ0n) is 11.9. The van der Waals surface area contributed by atoms with E-state index in [1.807, 2.05) is 0 Å². The van der Waals surface area contributed by atoms with Crippen LogP contribution in [0.2, 0.25) is 0 Å². The van der Waals surface area contributed by atoms with E-state index < -0.39 is 35.4 Å². The van der Waals surface area contributed by atoms with E-state index >= 15 is 0 Å². The molecule has 1 aliphatic heterocycles. The summed E-state index contributed by atoms with van der Waals surface area (Å²) in [5, 5.41) is 2.53. The molecule has 1 fully saturated rings. The third-order valence-electron chi connectivity index (χ3n) is 2.87. The van der Waals surface area contributed by atoms with Crippen molar-refractivity contribution in [1.29, 1.82) is 0 Å². The number of nitrogens with zero attached hydrogens (tertiary/aromatic N) is 1. The number of hydrogen-bond acceptors (Lipinski definition) is 3. The number of halogens is 2. The first-order valence-corrected chi connectivity index (χ1v) is 6.43. The summed E-state index contributed by atoms with van der Waals surface area (Å²) in [6.45, 7) is 5.06. The lowest BCUT2D eigenvalue weighted by Gasteiger charge is -2.22. The highest BCUT2D eigenvalue weighted by Crippen LogP contribution is 2.23. The molecule has 0 radical (unpaired) electrons. The lowest BCUT2D eigenvalue weighted by Crippen LogP contribution is -2.38. The van der Waals surface area contributed by atoms with Gasteiger partial charge in [0.1, 0.15) is 5.60 Å². The molecule has 1 aromatic rings. The Hall–Kier alpha value is -2.18. The van der Waals surface area contributed by atoms with Crippen LogP contribution in [0.5, 0.6) is 0 Å². The van der Waals surface area contributed by atoms with Crippen molar-refractivity contribution in [2.24, 2.45) is 0 Å². The molecule has 1 atom stereocenters. The number of nitrogens with one attached hydrogen (secondary N) is 1. The van der Waals surface area contributed by atoms with Crippen molar-refractivity contribution in [2.75, 3.05) is 6.54 Å². The van der Waals surface area contributed by atoms with Crippen molar-refractivity contribution in [1.82, 2.24) is 10.2 Å². The van der Waals surface area contributed by atoms with Crippen LogP contribution in [0, 0.1) is 11.6 Å². The number of carbonyl (C=O) groups is 2. The molecule has 3 amide bonds. The molecule has 0 spiro atoms. The summed E-state index contributed by atoms with van der Waals surface area (Å²) in [7, 11) is 0. The molecular weight excluding hydrogens is 282 g/mol. The van der Waals surface area contributed by atoms with E-state index in [2.05, 4.69) is 5.32 Å². The highest BCUT2D eigenvalue weighted by Gasteiger charge is 2.36. The van der Waals surface area contributed by atoms with Crippen LogP contribution in [-0.2, 0) is 4.74 Å². The minimum absolute atomic E-state index is 0.00117. The molecule has 1 aromatic carbocycles. The predicted molar refractivity (Wildman–Crippen MR) is 70.6 cm³/mol. The molecule has 2 rings (SSSR count). The van der Waals surface area contributed by atoms with Gasteiger partial charge in [-0.05, 0) is 38.5 Å².